The molecule has 27 heavy (non-hydrogen) atoms. The van der Waals surface area contributed by atoms with E-state index in [2.05, 4.69) is 39.8 Å². The number of tetrazole rings is 1. The number of para-hydroxylation sites is 1. The van der Waals surface area contributed by atoms with Crippen molar-refractivity contribution in [3.05, 3.63) is 59.7 Å². The van der Waals surface area contributed by atoms with Gasteiger partial charge >= 0.3 is 0 Å². The molecule has 0 bridgehead atoms. The third kappa shape index (κ3) is 3.56. The third-order valence-electron chi connectivity index (χ3n) is 4.62. The van der Waals surface area contributed by atoms with E-state index in [1.165, 1.54) is 0 Å². The van der Waals surface area contributed by atoms with Crippen molar-refractivity contribution in [2.45, 2.75) is 32.4 Å². The maximum atomic E-state index is 5.99. The van der Waals surface area contributed by atoms with Gasteiger partial charge in [-0.3, -0.25) is 0 Å². The van der Waals surface area contributed by atoms with Crippen LogP contribution in [0.1, 0.15) is 25.0 Å². The molecule has 3 aromatic rings. The van der Waals surface area contributed by atoms with Crippen LogP contribution >= 0.6 is 0 Å². The molecule has 0 saturated heterocycles. The lowest BCUT2D eigenvalue weighted by molar-refractivity contribution is 0.159. The summed E-state index contributed by atoms with van der Waals surface area (Å²) in [7, 11) is 1.69. The normalized spacial score (nSPS) is 14.5. The Kier molecular flexibility index (Phi) is 4.39. The smallest absolute Gasteiger partial charge is 0.182 e. The molecule has 1 aliphatic rings. The average Bonchev–Trinajstić information content (AvgIpc) is 3.14. The minimum absolute atomic E-state index is 0.287. The highest BCUT2D eigenvalue weighted by molar-refractivity contribution is 5.68. The van der Waals surface area contributed by atoms with Gasteiger partial charge in [-0.15, -0.1) is 5.10 Å². The van der Waals surface area contributed by atoms with Crippen molar-refractivity contribution in [1.82, 2.24) is 20.2 Å². The zero-order valence-electron chi connectivity index (χ0n) is 15.7. The van der Waals surface area contributed by atoms with Crippen molar-refractivity contribution < 1.29 is 9.47 Å². The molecule has 0 atom stereocenters. The highest BCUT2D eigenvalue weighted by atomic mass is 16.5. The van der Waals surface area contributed by atoms with E-state index in [0.717, 1.165) is 40.4 Å². The number of aryl methyl sites for hydroxylation is 2. The van der Waals surface area contributed by atoms with Gasteiger partial charge in [-0.05, 0) is 66.6 Å². The molecule has 138 valence electrons. The quantitative estimate of drug-likeness (QED) is 0.691. The Morgan fingerprint density at radius 2 is 2.00 bits per heavy atom. The first-order chi connectivity index (χ1) is 13.1. The van der Waals surface area contributed by atoms with Gasteiger partial charge in [0.05, 0.1) is 7.11 Å². The summed E-state index contributed by atoms with van der Waals surface area (Å²) in [4.78, 5) is 0. The van der Waals surface area contributed by atoms with E-state index < -0.39 is 0 Å². The average molecular weight is 362 g/mol. The van der Waals surface area contributed by atoms with E-state index in [1.807, 2.05) is 48.9 Å². The number of fused-ring (bicyclic) bond motifs is 1. The molecule has 1 aliphatic heterocycles. The largest absolute Gasteiger partial charge is 0.496 e. The molecule has 1 aromatic heterocycles. The van der Waals surface area contributed by atoms with Gasteiger partial charge in [-0.2, -0.15) is 0 Å². The predicted molar refractivity (Wildman–Crippen MR) is 104 cm³/mol. The summed E-state index contributed by atoms with van der Waals surface area (Å²) in [5.41, 5.74) is 2.84. The molecule has 0 saturated carbocycles. The number of nitrogens with zero attached hydrogens (tertiary/aromatic N) is 4. The second kappa shape index (κ2) is 6.87. The van der Waals surface area contributed by atoms with E-state index in [4.69, 9.17) is 9.47 Å². The molecule has 2 heterocycles. The van der Waals surface area contributed by atoms with Gasteiger partial charge in [0.2, 0.25) is 0 Å². The zero-order chi connectivity index (χ0) is 18.9. The van der Waals surface area contributed by atoms with Crippen LogP contribution in [0.2, 0.25) is 0 Å². The lowest BCUT2D eigenvalue weighted by Gasteiger charge is -2.27. The lowest BCUT2D eigenvalue weighted by atomic mass is 10.0. The molecule has 6 heteroatoms. The fourth-order valence-corrected chi connectivity index (χ4v) is 3.22. The van der Waals surface area contributed by atoms with Crippen molar-refractivity contribution in [2.24, 2.45) is 0 Å². The number of benzene rings is 2. The van der Waals surface area contributed by atoms with Crippen LogP contribution in [-0.2, 0) is 13.0 Å². The van der Waals surface area contributed by atoms with E-state index in [9.17, 15) is 0 Å². The molecule has 0 aliphatic carbocycles. The molecular weight excluding hydrogens is 340 g/mol. The van der Waals surface area contributed by atoms with Gasteiger partial charge in [0, 0.05) is 17.7 Å². The molecule has 0 amide bonds. The van der Waals surface area contributed by atoms with Gasteiger partial charge < -0.3 is 9.47 Å². The summed E-state index contributed by atoms with van der Waals surface area (Å²) in [6, 6.07) is 14.0. The highest BCUT2D eigenvalue weighted by Gasteiger charge is 2.22. The topological polar surface area (TPSA) is 62.1 Å². The first-order valence-corrected chi connectivity index (χ1v) is 8.96. The Morgan fingerprint density at radius 1 is 1.15 bits per heavy atom. The second-order valence-electron chi connectivity index (χ2n) is 7.08. The predicted octanol–water partition coefficient (Wildman–Crippen LogP) is 3.78. The number of ether oxygens (including phenoxy) is 2. The molecule has 0 unspecified atom stereocenters. The van der Waals surface area contributed by atoms with Crippen LogP contribution < -0.4 is 9.47 Å². The molecular formula is C21H22N4O2. The van der Waals surface area contributed by atoms with Crippen molar-refractivity contribution in [1.29, 1.82) is 0 Å². The minimum atomic E-state index is -0.287. The fourth-order valence-electron chi connectivity index (χ4n) is 3.22. The van der Waals surface area contributed by atoms with Gasteiger partial charge in [-0.25, -0.2) is 4.68 Å². The van der Waals surface area contributed by atoms with Crippen LogP contribution in [0.4, 0.5) is 0 Å². The Morgan fingerprint density at radius 3 is 2.85 bits per heavy atom. The summed E-state index contributed by atoms with van der Waals surface area (Å²) in [5.74, 6) is 2.50. The van der Waals surface area contributed by atoms with Crippen LogP contribution in [0.15, 0.2) is 48.5 Å². The molecule has 2 aromatic carbocycles. The maximum Gasteiger partial charge on any atom is 0.182 e. The highest BCUT2D eigenvalue weighted by Crippen LogP contribution is 2.33. The van der Waals surface area contributed by atoms with Gasteiger partial charge in [0.1, 0.15) is 17.1 Å². The van der Waals surface area contributed by atoms with E-state index >= 15 is 0 Å². The van der Waals surface area contributed by atoms with Crippen LogP contribution in [0.3, 0.4) is 0 Å². The van der Waals surface area contributed by atoms with Crippen LogP contribution in [0, 0.1) is 0 Å². The Labute approximate surface area is 158 Å². The number of aromatic nitrogens is 4. The Balaban J connectivity index is 1.58. The SMILES string of the molecule is COc1ccccc1CCn1nnnc1-c1ccc2c(c1)C=CC(C)(C)O2. The summed E-state index contributed by atoms with van der Waals surface area (Å²) >= 11 is 0. The summed E-state index contributed by atoms with van der Waals surface area (Å²) in [6.45, 7) is 4.75. The lowest BCUT2D eigenvalue weighted by Crippen LogP contribution is -2.27. The van der Waals surface area contributed by atoms with Crippen molar-refractivity contribution >= 4 is 6.08 Å². The van der Waals surface area contributed by atoms with Crippen LogP contribution in [0.5, 0.6) is 11.5 Å². The van der Waals surface area contributed by atoms with Crippen molar-refractivity contribution in [3.8, 4) is 22.9 Å². The molecule has 6 nitrogen and oxygen atoms in total. The first-order valence-electron chi connectivity index (χ1n) is 8.96. The first kappa shape index (κ1) is 17.3. The van der Waals surface area contributed by atoms with Crippen molar-refractivity contribution in [3.63, 3.8) is 0 Å². The van der Waals surface area contributed by atoms with Gasteiger partial charge in [0.15, 0.2) is 5.82 Å². The van der Waals surface area contributed by atoms with E-state index in [0.29, 0.717) is 6.54 Å². The summed E-state index contributed by atoms with van der Waals surface area (Å²) in [5, 5.41) is 12.3. The molecule has 0 spiro atoms. The van der Waals surface area contributed by atoms with Crippen LogP contribution in [0.25, 0.3) is 17.5 Å². The van der Waals surface area contributed by atoms with Gasteiger partial charge in [-0.1, -0.05) is 24.3 Å². The minimum Gasteiger partial charge on any atom is -0.496 e. The number of hydrogen-bond acceptors (Lipinski definition) is 5. The number of rotatable bonds is 5. The van der Waals surface area contributed by atoms with E-state index in [1.54, 1.807) is 7.11 Å². The standard InChI is InChI=1S/C21H22N4O2/c1-21(2)12-10-16-14-17(8-9-19(16)27-21)20-22-23-24-25(20)13-11-15-6-4-5-7-18(15)26-3/h4-10,12,14H,11,13H2,1-3H3. The molecule has 0 N–H and O–H groups in total. The summed E-state index contributed by atoms with van der Waals surface area (Å²) in [6.07, 6.45) is 4.93. The molecule has 4 rings (SSSR count). The van der Waals surface area contributed by atoms with Gasteiger partial charge in [0.25, 0.3) is 0 Å². The van der Waals surface area contributed by atoms with E-state index in [-0.39, 0.29) is 5.60 Å². The number of hydrogen-bond donors (Lipinski definition) is 0. The molecule has 0 fully saturated rings. The monoisotopic (exact) mass is 362 g/mol. The second-order valence-corrected chi connectivity index (χ2v) is 7.08. The fraction of sp³-hybridized carbons (Fsp3) is 0.286. The van der Waals surface area contributed by atoms with Crippen molar-refractivity contribution in [2.75, 3.05) is 7.11 Å². The van der Waals surface area contributed by atoms with Crippen LogP contribution in [-0.4, -0.2) is 32.9 Å². The Hall–Kier alpha value is -3.15. The maximum absolute atomic E-state index is 5.99. The zero-order valence-corrected chi connectivity index (χ0v) is 15.7. The molecule has 0 radical (unpaired) electrons. The number of methoxy groups -OCH3 is 1. The third-order valence-corrected chi connectivity index (χ3v) is 4.62. The summed E-state index contributed by atoms with van der Waals surface area (Å²) < 4.78 is 13.2. The Bertz CT molecular complexity index is 991.